The average molecular weight is 193 g/mol. The molecule has 0 aromatic carbocycles. The van der Waals surface area contributed by atoms with E-state index in [2.05, 4.69) is 45.4 Å². The summed E-state index contributed by atoms with van der Waals surface area (Å²) in [5.74, 6) is 0.327. The number of aliphatic hydroxyl groups is 1. The number of rotatable bonds is 4. The lowest BCUT2D eigenvalue weighted by atomic mass is 10.2. The first-order valence-electron chi connectivity index (χ1n) is 4.19. The summed E-state index contributed by atoms with van der Waals surface area (Å²) in [4.78, 5) is 2.18. The Hall–Kier alpha value is 0.270. The second kappa shape index (κ2) is 3.99. The Morgan fingerprint density at radius 2 is 1.67 bits per heavy atom. The standard InChI is InChI=1S/C9H23NOS/c1-9(2,7-10(3)4)12(5,6)8-11/h11H,7-8H2,1-6H3. The molecule has 0 fully saturated rings. The molecular weight excluding hydrogens is 170 g/mol. The van der Waals surface area contributed by atoms with Crippen molar-refractivity contribution < 1.29 is 5.11 Å². The number of hydrogen-bond donors (Lipinski definition) is 1. The molecule has 0 atom stereocenters. The molecule has 0 aliphatic carbocycles. The van der Waals surface area contributed by atoms with Crippen LogP contribution in [0.15, 0.2) is 0 Å². The minimum atomic E-state index is -0.879. The van der Waals surface area contributed by atoms with Gasteiger partial charge < -0.3 is 10.0 Å². The largest absolute Gasteiger partial charge is 0.387 e. The van der Waals surface area contributed by atoms with Crippen molar-refractivity contribution in [1.29, 1.82) is 0 Å². The van der Waals surface area contributed by atoms with Gasteiger partial charge in [0.2, 0.25) is 0 Å². The summed E-state index contributed by atoms with van der Waals surface area (Å²) in [6, 6.07) is 0. The van der Waals surface area contributed by atoms with Crippen molar-refractivity contribution in [3.8, 4) is 0 Å². The number of aliphatic hydroxyl groups excluding tert-OH is 1. The Labute approximate surface area is 78.3 Å². The Kier molecular flexibility index (Phi) is 4.08. The van der Waals surface area contributed by atoms with E-state index in [9.17, 15) is 5.11 Å². The maximum absolute atomic E-state index is 9.26. The van der Waals surface area contributed by atoms with Crippen molar-refractivity contribution in [1.82, 2.24) is 4.90 Å². The van der Waals surface area contributed by atoms with Gasteiger partial charge in [-0.1, -0.05) is 13.8 Å². The molecule has 0 aromatic heterocycles. The highest BCUT2D eigenvalue weighted by atomic mass is 32.3. The minimum absolute atomic E-state index is 0.227. The highest BCUT2D eigenvalue weighted by molar-refractivity contribution is 8.33. The average Bonchev–Trinajstić information content (AvgIpc) is 1.84. The van der Waals surface area contributed by atoms with Gasteiger partial charge in [0, 0.05) is 11.3 Å². The van der Waals surface area contributed by atoms with E-state index in [1.54, 1.807) is 0 Å². The van der Waals surface area contributed by atoms with Crippen LogP contribution in [0.25, 0.3) is 0 Å². The second-order valence-electron chi connectivity index (χ2n) is 4.66. The van der Waals surface area contributed by atoms with E-state index in [0.29, 0.717) is 5.94 Å². The Bertz CT molecular complexity index is 143. The van der Waals surface area contributed by atoms with Gasteiger partial charge in [0.15, 0.2) is 0 Å². The fourth-order valence-corrected chi connectivity index (χ4v) is 2.07. The molecule has 0 aromatic rings. The molecule has 0 bridgehead atoms. The molecular formula is C9H23NOS. The summed E-state index contributed by atoms with van der Waals surface area (Å²) < 4.78 is 0.227. The van der Waals surface area contributed by atoms with Gasteiger partial charge in [0.25, 0.3) is 0 Å². The van der Waals surface area contributed by atoms with Gasteiger partial charge in [-0.25, -0.2) is 10.0 Å². The molecule has 0 saturated heterocycles. The van der Waals surface area contributed by atoms with Crippen molar-refractivity contribution in [2.24, 2.45) is 0 Å². The lowest BCUT2D eigenvalue weighted by Gasteiger charge is -2.46. The molecule has 0 unspecified atom stereocenters. The molecule has 3 heteroatoms. The molecule has 0 amide bonds. The SMILES string of the molecule is CN(C)CC(C)(C)S(C)(C)CO. The predicted molar refractivity (Wildman–Crippen MR) is 59.2 cm³/mol. The monoisotopic (exact) mass is 193 g/mol. The summed E-state index contributed by atoms with van der Waals surface area (Å²) in [5, 5.41) is 9.26. The zero-order chi connectivity index (χ0) is 9.99. The lowest BCUT2D eigenvalue weighted by molar-refractivity contribution is 0.349. The third-order valence-corrected chi connectivity index (χ3v) is 6.28. The molecule has 76 valence electrons. The van der Waals surface area contributed by atoms with E-state index in [4.69, 9.17) is 0 Å². The first kappa shape index (κ1) is 12.3. The van der Waals surface area contributed by atoms with Gasteiger partial charge in [-0.2, -0.15) is 0 Å². The summed E-state index contributed by atoms with van der Waals surface area (Å²) in [6.45, 7) is 5.51. The highest BCUT2D eigenvalue weighted by Gasteiger charge is 2.32. The van der Waals surface area contributed by atoms with Crippen molar-refractivity contribution in [3.05, 3.63) is 0 Å². The molecule has 0 saturated carbocycles. The van der Waals surface area contributed by atoms with E-state index >= 15 is 0 Å². The highest BCUT2D eigenvalue weighted by Crippen LogP contribution is 2.52. The molecule has 0 aliphatic rings. The normalized spacial score (nSPS) is 15.3. The molecule has 0 spiro atoms. The van der Waals surface area contributed by atoms with E-state index < -0.39 is 10.0 Å². The van der Waals surface area contributed by atoms with Crippen LogP contribution in [-0.2, 0) is 0 Å². The van der Waals surface area contributed by atoms with Gasteiger partial charge >= 0.3 is 0 Å². The van der Waals surface area contributed by atoms with Crippen molar-refractivity contribution in [2.75, 3.05) is 39.1 Å². The first-order valence-corrected chi connectivity index (χ1v) is 6.81. The van der Waals surface area contributed by atoms with Crippen LogP contribution in [0.5, 0.6) is 0 Å². The van der Waals surface area contributed by atoms with Gasteiger partial charge in [0.05, 0.1) is 5.94 Å². The molecule has 0 aliphatic heterocycles. The first-order chi connectivity index (χ1) is 5.23. The lowest BCUT2D eigenvalue weighted by Crippen LogP contribution is -2.39. The summed E-state index contributed by atoms with van der Waals surface area (Å²) >= 11 is 0. The van der Waals surface area contributed by atoms with E-state index in [0.717, 1.165) is 6.54 Å². The third-order valence-electron chi connectivity index (χ3n) is 2.52. The van der Waals surface area contributed by atoms with Crippen LogP contribution in [0.4, 0.5) is 0 Å². The number of hydrogen-bond acceptors (Lipinski definition) is 2. The van der Waals surface area contributed by atoms with Crippen LogP contribution >= 0.6 is 10.0 Å². The van der Waals surface area contributed by atoms with Crippen LogP contribution in [0.2, 0.25) is 0 Å². The van der Waals surface area contributed by atoms with Crippen LogP contribution in [-0.4, -0.2) is 53.8 Å². The van der Waals surface area contributed by atoms with Crippen LogP contribution in [0.1, 0.15) is 13.8 Å². The maximum atomic E-state index is 9.26. The van der Waals surface area contributed by atoms with Crippen molar-refractivity contribution in [3.63, 3.8) is 0 Å². The van der Waals surface area contributed by atoms with Crippen LogP contribution in [0.3, 0.4) is 0 Å². The zero-order valence-electron chi connectivity index (χ0n) is 9.22. The molecule has 1 N–H and O–H groups in total. The minimum Gasteiger partial charge on any atom is -0.387 e. The number of nitrogens with zero attached hydrogens (tertiary/aromatic N) is 1. The summed E-state index contributed by atoms with van der Waals surface area (Å²) in [6.07, 6.45) is 4.38. The van der Waals surface area contributed by atoms with E-state index in [-0.39, 0.29) is 4.75 Å². The van der Waals surface area contributed by atoms with E-state index in [1.165, 1.54) is 0 Å². The fraction of sp³-hybridized carbons (Fsp3) is 1.00. The van der Waals surface area contributed by atoms with Crippen molar-refractivity contribution >= 4 is 10.0 Å². The van der Waals surface area contributed by atoms with Crippen LogP contribution in [0, 0.1) is 0 Å². The van der Waals surface area contributed by atoms with Gasteiger partial charge in [-0.15, -0.1) is 0 Å². The molecule has 0 radical (unpaired) electrons. The Morgan fingerprint density at radius 1 is 1.25 bits per heavy atom. The maximum Gasteiger partial charge on any atom is 0.0735 e. The predicted octanol–water partition coefficient (Wildman–Crippen LogP) is 1.34. The fourth-order valence-electron chi connectivity index (χ4n) is 1.11. The van der Waals surface area contributed by atoms with Gasteiger partial charge in [-0.3, -0.25) is 0 Å². The molecule has 0 heterocycles. The Morgan fingerprint density at radius 3 is 1.92 bits per heavy atom. The zero-order valence-corrected chi connectivity index (χ0v) is 10.0. The molecule has 12 heavy (non-hydrogen) atoms. The third kappa shape index (κ3) is 2.96. The quantitative estimate of drug-likeness (QED) is 0.728. The smallest absolute Gasteiger partial charge is 0.0735 e. The van der Waals surface area contributed by atoms with Crippen LogP contribution < -0.4 is 0 Å². The van der Waals surface area contributed by atoms with Crippen molar-refractivity contribution in [2.45, 2.75) is 18.6 Å². The van der Waals surface area contributed by atoms with Gasteiger partial charge in [-0.05, 0) is 26.6 Å². The van der Waals surface area contributed by atoms with E-state index in [1.807, 2.05) is 0 Å². The topological polar surface area (TPSA) is 23.5 Å². The Balaban J connectivity index is 4.37. The molecule has 2 nitrogen and oxygen atoms in total. The second-order valence-corrected chi connectivity index (χ2v) is 9.10. The van der Waals surface area contributed by atoms with Gasteiger partial charge in [0.1, 0.15) is 0 Å². The summed E-state index contributed by atoms with van der Waals surface area (Å²) in [5.41, 5.74) is 0. The molecule has 0 rings (SSSR count). The summed E-state index contributed by atoms with van der Waals surface area (Å²) in [7, 11) is 3.28.